The van der Waals surface area contributed by atoms with Crippen molar-refractivity contribution in [3.05, 3.63) is 57.6 Å². The molecule has 5 heteroatoms. The van der Waals surface area contributed by atoms with E-state index in [2.05, 4.69) is 25.2 Å². The third kappa shape index (κ3) is 3.24. The number of halogens is 2. The molecule has 2 N–H and O–H groups in total. The molecule has 3 nitrogen and oxygen atoms in total. The largest absolute Gasteiger partial charge is 0.465 e. The van der Waals surface area contributed by atoms with Crippen LogP contribution in [0.4, 0.5) is 4.79 Å². The summed E-state index contributed by atoms with van der Waals surface area (Å²) in [6.07, 6.45) is 0.826. The standard InChI is InChI=1S/C19H19Cl2NO2/c1-19(2)8-7-12-9-11(15-10-13(20)4-6-16(15)21)3-5-14(12)17(19)22-18(23)24/h3-6,9-10,17,22H,7-8H2,1-2H3,(H,23,24)/t17-/m1/s1. The van der Waals surface area contributed by atoms with Crippen molar-refractivity contribution in [3.8, 4) is 11.1 Å². The lowest BCUT2D eigenvalue weighted by Crippen LogP contribution is -2.40. The first kappa shape index (κ1) is 17.1. The van der Waals surface area contributed by atoms with Crippen molar-refractivity contribution in [2.45, 2.75) is 32.7 Å². The van der Waals surface area contributed by atoms with Crippen molar-refractivity contribution in [2.24, 2.45) is 5.41 Å². The average Bonchev–Trinajstić information content (AvgIpc) is 2.52. The smallest absolute Gasteiger partial charge is 0.405 e. The lowest BCUT2D eigenvalue weighted by atomic mass is 9.70. The Balaban J connectivity index is 2.06. The van der Waals surface area contributed by atoms with Crippen molar-refractivity contribution in [1.82, 2.24) is 5.32 Å². The molecule has 0 aliphatic heterocycles. The van der Waals surface area contributed by atoms with Gasteiger partial charge in [0.1, 0.15) is 0 Å². The second-order valence-corrected chi connectivity index (χ2v) is 7.75. The number of carboxylic acid groups (broad SMARTS) is 1. The molecule has 3 rings (SSSR count). The molecule has 0 saturated carbocycles. The van der Waals surface area contributed by atoms with Crippen LogP contribution in [0.25, 0.3) is 11.1 Å². The molecule has 24 heavy (non-hydrogen) atoms. The molecule has 0 saturated heterocycles. The van der Waals surface area contributed by atoms with E-state index in [9.17, 15) is 9.90 Å². The first-order valence-electron chi connectivity index (χ1n) is 7.85. The molecule has 1 atom stereocenters. The average molecular weight is 364 g/mol. The van der Waals surface area contributed by atoms with Crippen LogP contribution in [0.1, 0.15) is 37.4 Å². The van der Waals surface area contributed by atoms with Crippen LogP contribution in [0.15, 0.2) is 36.4 Å². The number of aryl methyl sites for hydroxylation is 1. The predicted octanol–water partition coefficient (Wildman–Crippen LogP) is 5.94. The fraction of sp³-hybridized carbons (Fsp3) is 0.316. The fourth-order valence-corrected chi connectivity index (χ4v) is 3.81. The van der Waals surface area contributed by atoms with Gasteiger partial charge in [-0.3, -0.25) is 0 Å². The Bertz CT molecular complexity index is 802. The number of benzene rings is 2. The maximum Gasteiger partial charge on any atom is 0.405 e. The molecule has 2 aromatic rings. The van der Waals surface area contributed by atoms with Crippen LogP contribution >= 0.6 is 23.2 Å². The maximum atomic E-state index is 11.2. The normalized spacial score (nSPS) is 18.8. The summed E-state index contributed by atoms with van der Waals surface area (Å²) >= 11 is 12.4. The minimum absolute atomic E-state index is 0.124. The third-order valence-corrected chi connectivity index (χ3v) is 5.35. The van der Waals surface area contributed by atoms with Gasteiger partial charge in [0.2, 0.25) is 0 Å². The van der Waals surface area contributed by atoms with Gasteiger partial charge in [-0.1, -0.05) is 55.2 Å². The highest BCUT2D eigenvalue weighted by Gasteiger charge is 2.37. The number of hydrogen-bond acceptors (Lipinski definition) is 1. The van der Waals surface area contributed by atoms with Crippen molar-refractivity contribution in [1.29, 1.82) is 0 Å². The zero-order valence-electron chi connectivity index (χ0n) is 13.6. The highest BCUT2D eigenvalue weighted by atomic mass is 35.5. The molecule has 1 aliphatic rings. The minimum Gasteiger partial charge on any atom is -0.465 e. The number of amides is 1. The summed E-state index contributed by atoms with van der Waals surface area (Å²) in [5.41, 5.74) is 3.95. The van der Waals surface area contributed by atoms with E-state index in [4.69, 9.17) is 23.2 Å². The van der Waals surface area contributed by atoms with Gasteiger partial charge in [0.15, 0.2) is 0 Å². The molecule has 0 radical (unpaired) electrons. The summed E-state index contributed by atoms with van der Waals surface area (Å²) in [4.78, 5) is 11.2. The van der Waals surface area contributed by atoms with Gasteiger partial charge in [0.25, 0.3) is 0 Å². The van der Waals surface area contributed by atoms with Crippen molar-refractivity contribution < 1.29 is 9.90 Å². The van der Waals surface area contributed by atoms with E-state index in [-0.39, 0.29) is 11.5 Å². The van der Waals surface area contributed by atoms with E-state index in [0.29, 0.717) is 10.0 Å². The van der Waals surface area contributed by atoms with Gasteiger partial charge in [-0.2, -0.15) is 0 Å². The SMILES string of the molecule is CC1(C)CCc2cc(-c3cc(Cl)ccc3Cl)ccc2[C@H]1NC(=O)O. The Morgan fingerprint density at radius 2 is 1.96 bits per heavy atom. The van der Waals surface area contributed by atoms with Crippen LogP contribution in [0.2, 0.25) is 10.0 Å². The molecular weight excluding hydrogens is 345 g/mol. The molecule has 0 aromatic heterocycles. The molecule has 0 spiro atoms. The first-order chi connectivity index (χ1) is 11.3. The summed E-state index contributed by atoms with van der Waals surface area (Å²) < 4.78 is 0. The van der Waals surface area contributed by atoms with Crippen LogP contribution in [0.5, 0.6) is 0 Å². The van der Waals surface area contributed by atoms with Gasteiger partial charge in [0, 0.05) is 15.6 Å². The minimum atomic E-state index is -0.997. The van der Waals surface area contributed by atoms with Crippen molar-refractivity contribution >= 4 is 29.3 Å². The van der Waals surface area contributed by atoms with Gasteiger partial charge >= 0.3 is 6.09 Å². The summed E-state index contributed by atoms with van der Waals surface area (Å²) in [6, 6.07) is 11.3. The number of hydrogen-bond donors (Lipinski definition) is 2. The third-order valence-electron chi connectivity index (χ3n) is 4.78. The Hall–Kier alpha value is -1.71. The topological polar surface area (TPSA) is 49.3 Å². The summed E-state index contributed by atoms with van der Waals surface area (Å²) in [7, 11) is 0. The molecular formula is C19H19Cl2NO2. The molecule has 1 aliphatic carbocycles. The zero-order chi connectivity index (χ0) is 17.5. The lowest BCUT2D eigenvalue weighted by Gasteiger charge is -2.40. The van der Waals surface area contributed by atoms with Gasteiger partial charge < -0.3 is 10.4 Å². The van der Waals surface area contributed by atoms with Gasteiger partial charge in [0.05, 0.1) is 6.04 Å². The Labute approximate surface area is 151 Å². The molecule has 0 fully saturated rings. The summed E-state index contributed by atoms with van der Waals surface area (Å²) in [6.45, 7) is 4.19. The first-order valence-corrected chi connectivity index (χ1v) is 8.61. The van der Waals surface area contributed by atoms with Crippen LogP contribution in [-0.4, -0.2) is 11.2 Å². The van der Waals surface area contributed by atoms with Gasteiger partial charge in [-0.15, -0.1) is 0 Å². The molecule has 0 heterocycles. The van der Waals surface area contributed by atoms with Crippen LogP contribution in [0, 0.1) is 5.41 Å². The van der Waals surface area contributed by atoms with Gasteiger partial charge in [-0.25, -0.2) is 4.79 Å². The fourth-order valence-electron chi connectivity index (χ4n) is 3.41. The van der Waals surface area contributed by atoms with E-state index in [1.54, 1.807) is 12.1 Å². The maximum absolute atomic E-state index is 11.2. The van der Waals surface area contributed by atoms with Crippen LogP contribution in [-0.2, 0) is 6.42 Å². The number of carbonyl (C=O) groups is 1. The van der Waals surface area contributed by atoms with Crippen molar-refractivity contribution in [2.75, 3.05) is 0 Å². The van der Waals surface area contributed by atoms with Crippen molar-refractivity contribution in [3.63, 3.8) is 0 Å². The van der Waals surface area contributed by atoms with Crippen LogP contribution in [0.3, 0.4) is 0 Å². The van der Waals surface area contributed by atoms with E-state index < -0.39 is 6.09 Å². The lowest BCUT2D eigenvalue weighted by molar-refractivity contribution is 0.161. The highest BCUT2D eigenvalue weighted by molar-refractivity contribution is 6.35. The van der Waals surface area contributed by atoms with Crippen LogP contribution < -0.4 is 5.32 Å². The molecule has 126 valence electrons. The van der Waals surface area contributed by atoms with Gasteiger partial charge in [-0.05, 0) is 53.1 Å². The number of rotatable bonds is 2. The van der Waals surface area contributed by atoms with E-state index >= 15 is 0 Å². The summed E-state index contributed by atoms with van der Waals surface area (Å²) in [5, 5.41) is 13.1. The monoisotopic (exact) mass is 363 g/mol. The van der Waals surface area contributed by atoms with E-state index in [1.807, 2.05) is 18.2 Å². The highest BCUT2D eigenvalue weighted by Crippen LogP contribution is 2.44. The zero-order valence-corrected chi connectivity index (χ0v) is 15.1. The number of fused-ring (bicyclic) bond motifs is 1. The van der Waals surface area contributed by atoms with E-state index in [1.165, 1.54) is 0 Å². The summed E-state index contributed by atoms with van der Waals surface area (Å²) in [5.74, 6) is 0. The molecule has 1 amide bonds. The Morgan fingerprint density at radius 1 is 1.21 bits per heavy atom. The Kier molecular flexibility index (Phi) is 4.50. The molecule has 0 unspecified atom stereocenters. The second-order valence-electron chi connectivity index (χ2n) is 6.91. The molecule has 0 bridgehead atoms. The Morgan fingerprint density at radius 3 is 2.67 bits per heavy atom. The second kappa shape index (κ2) is 6.30. The quantitative estimate of drug-likeness (QED) is 0.693. The number of nitrogens with one attached hydrogen (secondary N) is 1. The molecule has 2 aromatic carbocycles. The predicted molar refractivity (Wildman–Crippen MR) is 97.9 cm³/mol. The van der Waals surface area contributed by atoms with E-state index in [0.717, 1.165) is 35.1 Å².